The smallest absolute Gasteiger partial charge is 0.350 e. The maximum Gasteiger partial charge on any atom is 0.350 e. The van der Waals surface area contributed by atoms with E-state index in [1.165, 1.54) is 23.5 Å². The number of nitriles is 2. The van der Waals surface area contributed by atoms with Crippen LogP contribution in [0.3, 0.4) is 0 Å². The highest BCUT2D eigenvalue weighted by molar-refractivity contribution is 8.26. The molecule has 0 fully saturated rings. The van der Waals surface area contributed by atoms with Crippen LogP contribution in [-0.2, 0) is 14.3 Å². The van der Waals surface area contributed by atoms with Gasteiger partial charge in [0.2, 0.25) is 0 Å². The lowest BCUT2D eigenvalue weighted by Gasteiger charge is -2.13. The van der Waals surface area contributed by atoms with Gasteiger partial charge >= 0.3 is 5.97 Å². The second kappa shape index (κ2) is 13.0. The second-order valence-corrected chi connectivity index (χ2v) is 13.6. The molecule has 0 unspecified atom stereocenters. The maximum absolute atomic E-state index is 12.5. The quantitative estimate of drug-likeness (QED) is 0.0997. The average Bonchev–Trinajstić information content (AvgIpc) is 3.49. The van der Waals surface area contributed by atoms with E-state index in [0.29, 0.717) is 46.0 Å². The Bertz CT molecular complexity index is 1220. The summed E-state index contributed by atoms with van der Waals surface area (Å²) in [5, 5.41) is 41.8. The molecule has 0 aliphatic carbocycles. The number of carbonyl (C=O) groups is 1. The molecule has 0 bridgehead atoms. The largest absolute Gasteiger partial charge is 0.505 e. The first kappa shape index (κ1) is 29.2. The van der Waals surface area contributed by atoms with Gasteiger partial charge in [0.1, 0.15) is 35.0 Å². The zero-order valence-corrected chi connectivity index (χ0v) is 24.5. The predicted molar refractivity (Wildman–Crippen MR) is 148 cm³/mol. The number of unbranched alkanes of at least 4 members (excludes halogenated alkanes) is 1. The van der Waals surface area contributed by atoms with E-state index in [-0.39, 0.29) is 35.5 Å². The number of phenolic OH excluding ortho intramolecular Hbond substituents is 2. The van der Waals surface area contributed by atoms with Crippen molar-refractivity contribution >= 4 is 53.0 Å². The van der Waals surface area contributed by atoms with Crippen LogP contribution in [0.1, 0.15) is 47.5 Å². The third-order valence-corrected chi connectivity index (χ3v) is 10.1. The third-order valence-electron chi connectivity index (χ3n) is 4.87. The molecule has 37 heavy (non-hydrogen) atoms. The summed E-state index contributed by atoms with van der Waals surface area (Å²) in [6.45, 7) is 10.5. The van der Waals surface area contributed by atoms with E-state index in [4.69, 9.17) is 9.47 Å². The number of benzene rings is 1. The molecule has 7 nitrogen and oxygen atoms in total. The normalized spacial score (nSPS) is 14.4. The van der Waals surface area contributed by atoms with Crippen molar-refractivity contribution in [3.63, 3.8) is 0 Å². The van der Waals surface area contributed by atoms with E-state index in [0.717, 1.165) is 36.4 Å². The van der Waals surface area contributed by atoms with E-state index < -0.39 is 5.97 Å². The van der Waals surface area contributed by atoms with Crippen molar-refractivity contribution in [2.45, 2.75) is 67.0 Å². The fraction of sp³-hybridized carbons (Fsp3) is 0.423. The Labute approximate surface area is 234 Å². The van der Waals surface area contributed by atoms with Gasteiger partial charge in [0.25, 0.3) is 0 Å². The summed E-state index contributed by atoms with van der Waals surface area (Å²) in [5.41, 5.74) is 0.200. The molecule has 0 saturated heterocycles. The number of allylic oxidation sites excluding steroid dienone is 2. The lowest BCUT2D eigenvalue weighted by molar-refractivity contribution is -0.139. The van der Waals surface area contributed by atoms with Gasteiger partial charge in [0.15, 0.2) is 5.57 Å². The number of carbonyl (C=O) groups excluding carboxylic acids is 1. The highest BCUT2D eigenvalue weighted by Crippen LogP contribution is 2.68. The van der Waals surface area contributed by atoms with E-state index in [1.807, 2.05) is 46.8 Å². The Morgan fingerprint density at radius 2 is 1.27 bits per heavy atom. The van der Waals surface area contributed by atoms with Crippen molar-refractivity contribution in [2.75, 3.05) is 13.2 Å². The number of hydrogen-bond donors (Lipinski definition) is 2. The van der Waals surface area contributed by atoms with Gasteiger partial charge < -0.3 is 19.7 Å². The fourth-order valence-electron chi connectivity index (χ4n) is 3.09. The molecule has 0 saturated carbocycles. The first-order valence-electron chi connectivity index (χ1n) is 11.7. The predicted octanol–water partition coefficient (Wildman–Crippen LogP) is 7.52. The number of aromatic hydroxyl groups is 2. The lowest BCUT2D eigenvalue weighted by Crippen LogP contribution is -2.12. The Kier molecular flexibility index (Phi) is 10.3. The van der Waals surface area contributed by atoms with Crippen LogP contribution >= 0.6 is 47.0 Å². The molecule has 1 aromatic rings. The van der Waals surface area contributed by atoms with Crippen LogP contribution in [0.5, 0.6) is 11.5 Å². The van der Waals surface area contributed by atoms with E-state index >= 15 is 0 Å². The number of hydrogen-bond acceptors (Lipinski definition) is 11. The standard InChI is InChI=1S/C26H28N2O5S4/c1-6-7-8-17(32-11-13(2)3)15(9-27)25-34-20-18(29)22-23(19(30)21(20)35-25)37-26(36-22)16(10-28)24(31)33-12-14(4)5/h8,13-14,29-30H,6-7,11-12H2,1-5H3/b17-8-,25-15?,26-16?. The molecule has 2 N–H and O–H groups in total. The first-order chi connectivity index (χ1) is 17.6. The van der Waals surface area contributed by atoms with E-state index in [9.17, 15) is 25.5 Å². The summed E-state index contributed by atoms with van der Waals surface area (Å²) in [4.78, 5) is 14.0. The Morgan fingerprint density at radius 1 is 0.838 bits per heavy atom. The number of rotatable bonds is 9. The number of fused-ring (bicyclic) bond motifs is 2. The maximum atomic E-state index is 12.5. The van der Waals surface area contributed by atoms with Gasteiger partial charge in [-0.3, -0.25) is 0 Å². The number of phenols is 2. The minimum atomic E-state index is -0.731. The Hall–Kier alpha value is -2.31. The minimum Gasteiger partial charge on any atom is -0.505 e. The van der Waals surface area contributed by atoms with Crippen LogP contribution in [0.2, 0.25) is 0 Å². The number of ether oxygens (including phenoxy) is 2. The van der Waals surface area contributed by atoms with Crippen molar-refractivity contribution in [2.24, 2.45) is 11.8 Å². The van der Waals surface area contributed by atoms with Crippen LogP contribution in [0, 0.1) is 34.5 Å². The molecule has 2 heterocycles. The van der Waals surface area contributed by atoms with Crippen molar-refractivity contribution in [1.29, 1.82) is 10.5 Å². The molecule has 1 aromatic carbocycles. The molecular weight excluding hydrogens is 549 g/mol. The first-order valence-corrected chi connectivity index (χ1v) is 15.0. The van der Waals surface area contributed by atoms with Crippen molar-refractivity contribution in [1.82, 2.24) is 0 Å². The summed E-state index contributed by atoms with van der Waals surface area (Å²) in [7, 11) is 0. The number of thioether (sulfide) groups is 4. The van der Waals surface area contributed by atoms with Gasteiger partial charge in [0.05, 0.1) is 41.3 Å². The fourth-order valence-corrected chi connectivity index (χ4v) is 8.30. The molecule has 2 aliphatic heterocycles. The van der Waals surface area contributed by atoms with Crippen molar-refractivity contribution in [3.8, 4) is 23.6 Å². The summed E-state index contributed by atoms with van der Waals surface area (Å²) >= 11 is 4.50. The van der Waals surface area contributed by atoms with Crippen molar-refractivity contribution < 1.29 is 24.5 Å². The number of nitrogens with zero attached hydrogens (tertiary/aromatic N) is 2. The Balaban J connectivity index is 1.97. The van der Waals surface area contributed by atoms with E-state index in [2.05, 4.69) is 6.07 Å². The lowest BCUT2D eigenvalue weighted by atomic mass is 10.2. The van der Waals surface area contributed by atoms with Crippen molar-refractivity contribution in [3.05, 3.63) is 31.5 Å². The summed E-state index contributed by atoms with van der Waals surface area (Å²) < 4.78 is 12.1. The van der Waals surface area contributed by atoms with Gasteiger partial charge in [-0.05, 0) is 24.3 Å². The molecule has 0 atom stereocenters. The molecule has 0 amide bonds. The van der Waals surface area contributed by atoms with Gasteiger partial charge in [0, 0.05) is 0 Å². The second-order valence-electron chi connectivity index (χ2n) is 9.02. The number of esters is 1. The molecule has 0 aromatic heterocycles. The summed E-state index contributed by atoms with van der Waals surface area (Å²) in [6.07, 6.45) is 3.56. The van der Waals surface area contributed by atoms with E-state index in [1.54, 1.807) is 0 Å². The highest BCUT2D eigenvalue weighted by Gasteiger charge is 2.38. The third kappa shape index (κ3) is 6.58. The summed E-state index contributed by atoms with van der Waals surface area (Å²) in [5.74, 6) is 0.0502. The molecule has 0 spiro atoms. The van der Waals surface area contributed by atoms with Crippen LogP contribution in [-0.4, -0.2) is 29.4 Å². The molecule has 0 radical (unpaired) electrons. The highest BCUT2D eigenvalue weighted by atomic mass is 32.2. The topological polar surface area (TPSA) is 124 Å². The molecule has 2 aliphatic rings. The van der Waals surface area contributed by atoms with Crippen LogP contribution < -0.4 is 0 Å². The summed E-state index contributed by atoms with van der Waals surface area (Å²) in [6, 6.07) is 4.15. The van der Waals surface area contributed by atoms with Gasteiger partial charge in [-0.1, -0.05) is 88.1 Å². The molecule has 3 rings (SSSR count). The van der Waals surface area contributed by atoms with Gasteiger partial charge in [-0.15, -0.1) is 0 Å². The average molecular weight is 577 g/mol. The SMILES string of the molecule is CCC/C=C(\OCC(C)C)C(C#N)=C1Sc2c(O)c3c(c(O)c2S1)SC(=C(C#N)C(=O)OCC(C)C)S3. The monoisotopic (exact) mass is 576 g/mol. The molecule has 11 heteroatoms. The van der Waals surface area contributed by atoms with Crippen LogP contribution in [0.15, 0.2) is 51.0 Å². The Morgan fingerprint density at radius 3 is 1.68 bits per heavy atom. The molecular formula is C26H28N2O5S4. The zero-order valence-electron chi connectivity index (χ0n) is 21.2. The van der Waals surface area contributed by atoms with Gasteiger partial charge in [-0.25, -0.2) is 4.79 Å². The molecule has 196 valence electrons. The minimum absolute atomic E-state index is 0.0601. The van der Waals surface area contributed by atoms with Gasteiger partial charge in [-0.2, -0.15) is 10.5 Å². The zero-order chi connectivity index (χ0) is 27.3. The van der Waals surface area contributed by atoms with Crippen LogP contribution in [0.25, 0.3) is 0 Å². The van der Waals surface area contributed by atoms with Crippen LogP contribution in [0.4, 0.5) is 0 Å².